The third-order valence-corrected chi connectivity index (χ3v) is 6.59. The van der Waals surface area contributed by atoms with Crippen molar-refractivity contribution in [3.63, 3.8) is 0 Å². The minimum Gasteiger partial charge on any atom is -0.472 e. The van der Waals surface area contributed by atoms with Crippen LogP contribution < -0.4 is 10.1 Å². The van der Waals surface area contributed by atoms with Crippen molar-refractivity contribution in [3.05, 3.63) is 23.9 Å². The Bertz CT molecular complexity index is 616. The molecule has 5 heteroatoms. The summed E-state index contributed by atoms with van der Waals surface area (Å²) in [6.07, 6.45) is 10.3. The van der Waals surface area contributed by atoms with Crippen molar-refractivity contribution in [2.24, 2.45) is 17.8 Å². The van der Waals surface area contributed by atoms with Crippen molar-refractivity contribution in [2.45, 2.75) is 56.6 Å². The molecule has 1 aromatic rings. The van der Waals surface area contributed by atoms with Gasteiger partial charge < -0.3 is 14.8 Å². The predicted octanol–water partition coefficient (Wildman–Crippen LogP) is 2.95. The van der Waals surface area contributed by atoms with Gasteiger partial charge in [0.1, 0.15) is 6.10 Å². The normalized spacial score (nSPS) is 38.7. The fourth-order valence-corrected chi connectivity index (χ4v) is 5.94. The van der Waals surface area contributed by atoms with E-state index in [1.165, 1.54) is 38.5 Å². The first-order valence-electron chi connectivity index (χ1n) is 9.70. The van der Waals surface area contributed by atoms with Crippen molar-refractivity contribution in [2.75, 3.05) is 13.2 Å². The maximum atomic E-state index is 12.8. The molecule has 1 amide bonds. The minimum absolute atomic E-state index is 0.0187. The topological polar surface area (TPSA) is 60.5 Å². The molecule has 5 nitrogen and oxygen atoms in total. The molecule has 1 saturated heterocycles. The minimum atomic E-state index is 0.0187. The third kappa shape index (κ3) is 3.03. The zero-order chi connectivity index (χ0) is 16.9. The molecule has 4 saturated carbocycles. The fourth-order valence-electron chi connectivity index (χ4n) is 5.94. The lowest BCUT2D eigenvalue weighted by Crippen LogP contribution is -2.59. The van der Waals surface area contributed by atoms with Gasteiger partial charge in [0, 0.05) is 24.2 Å². The maximum absolute atomic E-state index is 12.8. The molecule has 5 aliphatic rings. The molecule has 4 aliphatic carbocycles. The van der Waals surface area contributed by atoms with Gasteiger partial charge in [-0.1, -0.05) is 0 Å². The van der Waals surface area contributed by atoms with Crippen LogP contribution in [0, 0.1) is 17.8 Å². The van der Waals surface area contributed by atoms with Gasteiger partial charge in [0.25, 0.3) is 5.91 Å². The lowest BCUT2D eigenvalue weighted by molar-refractivity contribution is -0.0167. The second-order valence-corrected chi connectivity index (χ2v) is 8.64. The van der Waals surface area contributed by atoms with E-state index in [-0.39, 0.29) is 17.6 Å². The molecule has 1 aromatic heterocycles. The van der Waals surface area contributed by atoms with Gasteiger partial charge in [-0.25, -0.2) is 4.98 Å². The first kappa shape index (κ1) is 15.6. The highest BCUT2D eigenvalue weighted by Gasteiger charge is 2.51. The average Bonchev–Trinajstić information content (AvgIpc) is 3.06. The van der Waals surface area contributed by atoms with Crippen LogP contribution in [0.3, 0.4) is 0 Å². The van der Waals surface area contributed by atoms with E-state index in [4.69, 9.17) is 9.47 Å². The van der Waals surface area contributed by atoms with Gasteiger partial charge in [-0.3, -0.25) is 4.79 Å². The summed E-state index contributed by atoms with van der Waals surface area (Å²) in [5.41, 5.74) is 0.674. The van der Waals surface area contributed by atoms with E-state index < -0.39 is 0 Å². The van der Waals surface area contributed by atoms with Gasteiger partial charge in [-0.05, 0) is 62.3 Å². The maximum Gasteiger partial charge on any atom is 0.253 e. The number of ether oxygens (including phenoxy) is 2. The summed E-state index contributed by atoms with van der Waals surface area (Å²) in [5, 5.41) is 3.39. The Balaban J connectivity index is 1.25. The Morgan fingerprint density at radius 2 is 1.88 bits per heavy atom. The number of aromatic nitrogens is 1. The summed E-state index contributed by atoms with van der Waals surface area (Å²) in [6.45, 7) is 1.37. The van der Waals surface area contributed by atoms with E-state index >= 15 is 0 Å². The van der Waals surface area contributed by atoms with Crippen molar-refractivity contribution in [1.82, 2.24) is 10.3 Å². The van der Waals surface area contributed by atoms with E-state index in [1.54, 1.807) is 12.3 Å². The van der Waals surface area contributed by atoms with Crippen molar-refractivity contribution in [3.8, 4) is 5.88 Å². The lowest BCUT2D eigenvalue weighted by atomic mass is 9.53. The number of nitrogens with zero attached hydrogens (tertiary/aromatic N) is 1. The Morgan fingerprint density at radius 1 is 1.16 bits per heavy atom. The number of rotatable bonds is 4. The van der Waals surface area contributed by atoms with Gasteiger partial charge in [-0.2, -0.15) is 0 Å². The quantitative estimate of drug-likeness (QED) is 0.914. The molecule has 1 N–H and O–H groups in total. The SMILES string of the molecule is O=C(NC12CC3CC(CC(C3)C1)C2)c1ccc(O[C@H]2CCOC2)nc1. The molecule has 0 unspecified atom stereocenters. The summed E-state index contributed by atoms with van der Waals surface area (Å²) >= 11 is 0. The smallest absolute Gasteiger partial charge is 0.253 e. The molecule has 0 spiro atoms. The van der Waals surface area contributed by atoms with Crippen LogP contribution >= 0.6 is 0 Å². The molecule has 1 aliphatic heterocycles. The second-order valence-electron chi connectivity index (χ2n) is 8.64. The molecule has 5 fully saturated rings. The highest BCUT2D eigenvalue weighted by molar-refractivity contribution is 5.94. The average molecular weight is 342 g/mol. The largest absolute Gasteiger partial charge is 0.472 e. The molecule has 2 heterocycles. The number of carbonyl (C=O) groups is 1. The summed E-state index contributed by atoms with van der Waals surface area (Å²) in [6, 6.07) is 3.63. The van der Waals surface area contributed by atoms with Crippen LogP contribution in [-0.2, 0) is 4.74 Å². The first-order valence-corrected chi connectivity index (χ1v) is 9.70. The molecule has 4 bridgehead atoms. The molecule has 25 heavy (non-hydrogen) atoms. The van der Waals surface area contributed by atoms with Crippen molar-refractivity contribution >= 4 is 5.91 Å². The van der Waals surface area contributed by atoms with E-state index in [9.17, 15) is 4.79 Å². The number of nitrogens with one attached hydrogen (secondary N) is 1. The Labute approximate surface area is 148 Å². The summed E-state index contributed by atoms with van der Waals surface area (Å²) in [7, 11) is 0. The fraction of sp³-hybridized carbons (Fsp3) is 0.700. The van der Waals surface area contributed by atoms with Gasteiger partial charge in [0.2, 0.25) is 5.88 Å². The second kappa shape index (κ2) is 5.97. The number of hydrogen-bond acceptors (Lipinski definition) is 4. The summed E-state index contributed by atoms with van der Waals surface area (Å²) in [5.74, 6) is 3.07. The van der Waals surface area contributed by atoms with E-state index in [1.807, 2.05) is 6.07 Å². The summed E-state index contributed by atoms with van der Waals surface area (Å²) in [4.78, 5) is 17.1. The van der Waals surface area contributed by atoms with Gasteiger partial charge in [0.05, 0.1) is 18.8 Å². The molecular formula is C20H26N2O3. The molecule has 1 atom stereocenters. The highest BCUT2D eigenvalue weighted by atomic mass is 16.5. The zero-order valence-electron chi connectivity index (χ0n) is 14.6. The first-order chi connectivity index (χ1) is 12.2. The molecule has 134 valence electrons. The van der Waals surface area contributed by atoms with Crippen molar-refractivity contribution < 1.29 is 14.3 Å². The standard InChI is InChI=1S/C20H26N2O3/c23-19(16-1-2-18(21-11-16)25-17-3-4-24-12-17)22-20-8-13-5-14(9-20)7-15(6-13)10-20/h1-2,11,13-15,17H,3-10,12H2,(H,22,23)/t13?,14?,15?,17-,20?/m0/s1. The van der Waals surface area contributed by atoms with Crippen LogP contribution in [0.1, 0.15) is 55.3 Å². The number of pyridine rings is 1. The molecule has 0 radical (unpaired) electrons. The zero-order valence-corrected chi connectivity index (χ0v) is 14.6. The van der Waals surface area contributed by atoms with Crippen molar-refractivity contribution in [1.29, 1.82) is 0 Å². The Morgan fingerprint density at radius 3 is 2.44 bits per heavy atom. The highest BCUT2D eigenvalue weighted by Crippen LogP contribution is 2.55. The van der Waals surface area contributed by atoms with Gasteiger partial charge >= 0.3 is 0 Å². The Hall–Kier alpha value is -1.62. The van der Waals surface area contributed by atoms with Gasteiger partial charge in [-0.15, -0.1) is 0 Å². The predicted molar refractivity (Wildman–Crippen MR) is 92.5 cm³/mol. The third-order valence-electron chi connectivity index (χ3n) is 6.59. The van der Waals surface area contributed by atoms with E-state index in [0.29, 0.717) is 18.1 Å². The van der Waals surface area contributed by atoms with Gasteiger partial charge in [0.15, 0.2) is 0 Å². The summed E-state index contributed by atoms with van der Waals surface area (Å²) < 4.78 is 11.1. The number of hydrogen-bond donors (Lipinski definition) is 1. The van der Waals surface area contributed by atoms with Crippen LogP contribution in [0.2, 0.25) is 0 Å². The van der Waals surface area contributed by atoms with Crippen LogP contribution in [0.5, 0.6) is 5.88 Å². The van der Waals surface area contributed by atoms with E-state index in [0.717, 1.165) is 30.8 Å². The number of amides is 1. The van der Waals surface area contributed by atoms with Crippen LogP contribution in [-0.4, -0.2) is 35.7 Å². The van der Waals surface area contributed by atoms with Crippen LogP contribution in [0.15, 0.2) is 18.3 Å². The lowest BCUT2D eigenvalue weighted by Gasteiger charge is -2.56. The molecular weight excluding hydrogens is 316 g/mol. The van der Waals surface area contributed by atoms with E-state index in [2.05, 4.69) is 10.3 Å². The van der Waals surface area contributed by atoms with Crippen LogP contribution in [0.25, 0.3) is 0 Å². The molecule has 0 aromatic carbocycles. The monoisotopic (exact) mass is 342 g/mol. The van der Waals surface area contributed by atoms with Crippen LogP contribution in [0.4, 0.5) is 0 Å². The number of carbonyl (C=O) groups excluding carboxylic acids is 1. The molecule has 6 rings (SSSR count). The Kier molecular flexibility index (Phi) is 3.73.